The molecule has 0 aromatic rings. The summed E-state index contributed by atoms with van der Waals surface area (Å²) >= 11 is 0. The van der Waals surface area contributed by atoms with E-state index in [9.17, 15) is 0 Å². The molecule has 0 saturated heterocycles. The molecule has 0 heterocycles. The molecule has 172 valence electrons. The minimum atomic E-state index is 1.22. The molecule has 0 radical (unpaired) electrons. The minimum Gasteiger partial charge on any atom is -0.0885 e. The van der Waals surface area contributed by atoms with E-state index in [1.807, 2.05) is 0 Å². The van der Waals surface area contributed by atoms with Gasteiger partial charge in [0.25, 0.3) is 0 Å². The molecule has 0 heteroatoms. The van der Waals surface area contributed by atoms with E-state index in [1.165, 1.54) is 148 Å². The average Bonchev–Trinajstić information content (AvgIpc) is 2.74. The summed E-state index contributed by atoms with van der Waals surface area (Å²) in [6.07, 6.45) is 41.9. The van der Waals surface area contributed by atoms with Crippen LogP contribution in [0.5, 0.6) is 0 Å². The molecule has 0 spiro atoms. The van der Waals surface area contributed by atoms with Gasteiger partial charge in [0.05, 0.1) is 0 Å². The molecule has 0 aliphatic rings. The van der Waals surface area contributed by atoms with Gasteiger partial charge < -0.3 is 0 Å². The topological polar surface area (TPSA) is 0 Å². The third-order valence-corrected chi connectivity index (χ3v) is 6.03. The van der Waals surface area contributed by atoms with Crippen molar-refractivity contribution < 1.29 is 0 Å². The summed E-state index contributed by atoms with van der Waals surface area (Å²) in [5.74, 6) is 0. The van der Waals surface area contributed by atoms with E-state index >= 15 is 0 Å². The summed E-state index contributed by atoms with van der Waals surface area (Å²) in [6, 6.07) is 0. The number of rotatable bonds is 24. The number of unbranched alkanes of at least 4 members (excludes halogenated alkanes) is 20. The summed E-state index contributed by atoms with van der Waals surface area (Å²) in [4.78, 5) is 0. The van der Waals surface area contributed by atoms with Crippen molar-refractivity contribution in [2.24, 2.45) is 0 Å². The Hall–Kier alpha value is -0.520. The Morgan fingerprint density at radius 2 is 0.552 bits per heavy atom. The molecule has 0 bridgehead atoms. The van der Waals surface area contributed by atoms with Gasteiger partial charge in [0.2, 0.25) is 0 Å². The third kappa shape index (κ3) is 27.5. The SMILES string of the molecule is CCCCC=CCCC=CCCCCCCCCCCCCCCCCCCC. The second-order valence-corrected chi connectivity index (χ2v) is 9.11. The molecule has 0 aromatic carbocycles. The van der Waals surface area contributed by atoms with E-state index in [0.29, 0.717) is 0 Å². The summed E-state index contributed by atoms with van der Waals surface area (Å²) in [5.41, 5.74) is 0. The Bertz CT molecular complexity index is 325. The Kier molecular flexibility index (Phi) is 27.0. The van der Waals surface area contributed by atoms with Gasteiger partial charge in [-0.3, -0.25) is 0 Å². The lowest BCUT2D eigenvalue weighted by atomic mass is 10.0. The molecule has 0 N–H and O–H groups in total. The maximum atomic E-state index is 2.41. The highest BCUT2D eigenvalue weighted by molar-refractivity contribution is 4.87. The molecule has 0 unspecified atom stereocenters. The normalized spacial score (nSPS) is 11.9. The van der Waals surface area contributed by atoms with Gasteiger partial charge in [0.15, 0.2) is 0 Å². The Morgan fingerprint density at radius 3 is 0.931 bits per heavy atom. The van der Waals surface area contributed by atoms with E-state index in [2.05, 4.69) is 38.2 Å². The first kappa shape index (κ1) is 28.5. The first-order valence-electron chi connectivity index (χ1n) is 13.7. The van der Waals surface area contributed by atoms with E-state index in [0.717, 1.165) is 0 Å². The van der Waals surface area contributed by atoms with Crippen molar-refractivity contribution in [3.63, 3.8) is 0 Å². The van der Waals surface area contributed by atoms with Crippen LogP contribution in [0.3, 0.4) is 0 Å². The van der Waals surface area contributed by atoms with Crippen molar-refractivity contribution >= 4 is 0 Å². The number of hydrogen-bond donors (Lipinski definition) is 0. The fourth-order valence-electron chi connectivity index (χ4n) is 3.97. The zero-order valence-electron chi connectivity index (χ0n) is 20.6. The highest BCUT2D eigenvalue weighted by atomic mass is 14.0. The summed E-state index contributed by atoms with van der Waals surface area (Å²) in [7, 11) is 0. The summed E-state index contributed by atoms with van der Waals surface area (Å²) < 4.78 is 0. The van der Waals surface area contributed by atoms with Crippen molar-refractivity contribution in [1.29, 1.82) is 0 Å². The van der Waals surface area contributed by atoms with E-state index in [1.54, 1.807) is 0 Å². The lowest BCUT2D eigenvalue weighted by Crippen LogP contribution is -1.83. The Morgan fingerprint density at radius 1 is 0.276 bits per heavy atom. The molecule has 0 nitrogen and oxygen atoms in total. The van der Waals surface area contributed by atoms with Gasteiger partial charge in [-0.2, -0.15) is 0 Å². The van der Waals surface area contributed by atoms with Crippen molar-refractivity contribution in [3.8, 4) is 0 Å². The van der Waals surface area contributed by atoms with Crippen LogP contribution in [-0.2, 0) is 0 Å². The smallest absolute Gasteiger partial charge is 0.0316 e. The minimum absolute atomic E-state index is 1.22. The zero-order chi connectivity index (χ0) is 21.1. The predicted molar refractivity (Wildman–Crippen MR) is 136 cm³/mol. The molecule has 0 saturated carbocycles. The molecule has 0 atom stereocenters. The fraction of sp³-hybridized carbons (Fsp3) is 0.862. The van der Waals surface area contributed by atoms with Crippen LogP contribution < -0.4 is 0 Å². The van der Waals surface area contributed by atoms with Crippen LogP contribution >= 0.6 is 0 Å². The van der Waals surface area contributed by atoms with Gasteiger partial charge in [-0.25, -0.2) is 0 Å². The van der Waals surface area contributed by atoms with Crippen LogP contribution in [0, 0.1) is 0 Å². The molecule has 0 rings (SSSR count). The average molecular weight is 405 g/mol. The second-order valence-electron chi connectivity index (χ2n) is 9.11. The predicted octanol–water partition coefficient (Wildman–Crippen LogP) is 11.1. The van der Waals surface area contributed by atoms with Crippen molar-refractivity contribution in [3.05, 3.63) is 24.3 Å². The standard InChI is InChI=1S/C29H56/c1-3-5-7-9-11-13-15-17-19-21-23-25-27-29-28-26-24-22-20-18-16-14-12-10-8-6-4-2/h9,11,17,19H,3-8,10,12-16,18,20-29H2,1-2H3. The molecular formula is C29H56. The lowest BCUT2D eigenvalue weighted by molar-refractivity contribution is 0.527. The van der Waals surface area contributed by atoms with Crippen molar-refractivity contribution in [1.82, 2.24) is 0 Å². The first-order chi connectivity index (χ1) is 14.4. The molecule has 0 fully saturated rings. The largest absolute Gasteiger partial charge is 0.0885 e. The second kappa shape index (κ2) is 27.5. The summed E-state index contributed by atoms with van der Waals surface area (Å²) in [5, 5.41) is 0. The van der Waals surface area contributed by atoms with Gasteiger partial charge in [-0.1, -0.05) is 154 Å². The Balaban J connectivity index is 3.08. The fourth-order valence-corrected chi connectivity index (χ4v) is 3.97. The van der Waals surface area contributed by atoms with E-state index < -0.39 is 0 Å². The molecule has 0 amide bonds. The van der Waals surface area contributed by atoms with Crippen molar-refractivity contribution in [2.45, 2.75) is 162 Å². The van der Waals surface area contributed by atoms with Gasteiger partial charge in [0, 0.05) is 0 Å². The lowest BCUT2D eigenvalue weighted by Gasteiger charge is -2.03. The van der Waals surface area contributed by atoms with Crippen LogP contribution in [0.25, 0.3) is 0 Å². The van der Waals surface area contributed by atoms with Crippen LogP contribution in [0.15, 0.2) is 24.3 Å². The molecule has 29 heavy (non-hydrogen) atoms. The highest BCUT2D eigenvalue weighted by Crippen LogP contribution is 2.14. The maximum Gasteiger partial charge on any atom is -0.0316 e. The Labute approximate surface area is 186 Å². The quantitative estimate of drug-likeness (QED) is 0.111. The number of allylic oxidation sites excluding steroid dienone is 4. The monoisotopic (exact) mass is 404 g/mol. The highest BCUT2D eigenvalue weighted by Gasteiger charge is 1.94. The zero-order valence-corrected chi connectivity index (χ0v) is 20.6. The summed E-state index contributed by atoms with van der Waals surface area (Å²) in [6.45, 7) is 4.56. The third-order valence-electron chi connectivity index (χ3n) is 6.03. The van der Waals surface area contributed by atoms with Gasteiger partial charge >= 0.3 is 0 Å². The first-order valence-corrected chi connectivity index (χ1v) is 13.7. The molecule has 0 aromatic heterocycles. The number of hydrogen-bond acceptors (Lipinski definition) is 0. The van der Waals surface area contributed by atoms with Gasteiger partial charge in [-0.05, 0) is 32.1 Å². The van der Waals surface area contributed by atoms with E-state index in [-0.39, 0.29) is 0 Å². The van der Waals surface area contributed by atoms with Crippen LogP contribution in [0.1, 0.15) is 162 Å². The van der Waals surface area contributed by atoms with E-state index in [4.69, 9.17) is 0 Å². The molecule has 0 aliphatic heterocycles. The molecular weight excluding hydrogens is 348 g/mol. The molecule has 0 aliphatic carbocycles. The van der Waals surface area contributed by atoms with Gasteiger partial charge in [-0.15, -0.1) is 0 Å². The van der Waals surface area contributed by atoms with Crippen LogP contribution in [0.4, 0.5) is 0 Å². The van der Waals surface area contributed by atoms with Crippen LogP contribution in [0.2, 0.25) is 0 Å². The van der Waals surface area contributed by atoms with Crippen LogP contribution in [-0.4, -0.2) is 0 Å². The van der Waals surface area contributed by atoms with Gasteiger partial charge in [0.1, 0.15) is 0 Å². The maximum absolute atomic E-state index is 2.41. The van der Waals surface area contributed by atoms with Crippen molar-refractivity contribution in [2.75, 3.05) is 0 Å².